The van der Waals surface area contributed by atoms with E-state index in [9.17, 15) is 22.8 Å². The third-order valence-corrected chi connectivity index (χ3v) is 9.29. The first kappa shape index (κ1) is 30.3. The number of benzene rings is 3. The second-order valence-electron chi connectivity index (χ2n) is 10.2. The molecule has 1 aliphatic rings. The molecule has 0 aliphatic carbocycles. The molecule has 0 spiro atoms. The Morgan fingerprint density at radius 2 is 1.61 bits per heavy atom. The lowest BCUT2D eigenvalue weighted by Gasteiger charge is -2.32. The minimum atomic E-state index is -3.97. The summed E-state index contributed by atoms with van der Waals surface area (Å²) in [6.45, 7) is 3.90. The lowest BCUT2D eigenvalue weighted by molar-refractivity contribution is -0.141. The van der Waals surface area contributed by atoms with Gasteiger partial charge in [-0.1, -0.05) is 73.1 Å². The fourth-order valence-electron chi connectivity index (χ4n) is 4.75. The van der Waals surface area contributed by atoms with Gasteiger partial charge >= 0.3 is 0 Å². The van der Waals surface area contributed by atoms with Crippen LogP contribution in [0, 0.1) is 0 Å². The molecule has 216 valence electrons. The van der Waals surface area contributed by atoms with Crippen LogP contribution in [0.3, 0.4) is 0 Å². The van der Waals surface area contributed by atoms with E-state index in [-0.39, 0.29) is 54.2 Å². The second kappa shape index (κ2) is 13.3. The van der Waals surface area contributed by atoms with Crippen molar-refractivity contribution in [3.05, 3.63) is 101 Å². The van der Waals surface area contributed by atoms with Gasteiger partial charge in [0.25, 0.3) is 15.9 Å². The third kappa shape index (κ3) is 7.15. The monoisotopic (exact) mass is 595 g/mol. The van der Waals surface area contributed by atoms with E-state index in [0.29, 0.717) is 11.4 Å². The predicted molar refractivity (Wildman–Crippen MR) is 158 cm³/mol. The number of nitrogens with zero attached hydrogens (tertiary/aromatic N) is 2. The predicted octanol–water partition coefficient (Wildman–Crippen LogP) is 4.82. The summed E-state index contributed by atoms with van der Waals surface area (Å²) in [5.41, 5.74) is 1.83. The van der Waals surface area contributed by atoms with Crippen molar-refractivity contribution in [3.8, 4) is 0 Å². The Morgan fingerprint density at radius 1 is 0.951 bits per heavy atom. The summed E-state index contributed by atoms with van der Waals surface area (Å²) in [5, 5.41) is 3.58. The van der Waals surface area contributed by atoms with Crippen LogP contribution in [-0.2, 0) is 32.6 Å². The number of hydrogen-bond donors (Lipinski definition) is 1. The van der Waals surface area contributed by atoms with Gasteiger partial charge in [0.1, 0.15) is 10.9 Å². The van der Waals surface area contributed by atoms with Gasteiger partial charge in [-0.25, -0.2) is 12.7 Å². The molecule has 0 fully saturated rings. The van der Waals surface area contributed by atoms with Crippen LogP contribution in [-0.4, -0.2) is 54.0 Å². The van der Waals surface area contributed by atoms with Gasteiger partial charge in [-0.15, -0.1) is 0 Å². The molecule has 3 aromatic carbocycles. The number of halogens is 1. The van der Waals surface area contributed by atoms with E-state index in [0.717, 1.165) is 21.9 Å². The summed E-state index contributed by atoms with van der Waals surface area (Å²) < 4.78 is 26.7. The Balaban J connectivity index is 1.57. The molecule has 0 saturated carbocycles. The zero-order valence-electron chi connectivity index (χ0n) is 23.1. The van der Waals surface area contributed by atoms with Crippen LogP contribution in [0.15, 0.2) is 83.8 Å². The Morgan fingerprint density at radius 3 is 2.27 bits per heavy atom. The third-order valence-electron chi connectivity index (χ3n) is 7.20. The van der Waals surface area contributed by atoms with Crippen LogP contribution < -0.4 is 5.32 Å². The van der Waals surface area contributed by atoms with E-state index in [4.69, 9.17) is 11.6 Å². The number of hydrogen-bond acceptors (Lipinski definition) is 5. The van der Waals surface area contributed by atoms with Gasteiger partial charge in [-0.2, -0.15) is 0 Å². The van der Waals surface area contributed by atoms with E-state index in [1.165, 1.54) is 12.1 Å². The molecular formula is C31H34ClN3O5S. The quantitative estimate of drug-likeness (QED) is 0.323. The molecule has 41 heavy (non-hydrogen) atoms. The van der Waals surface area contributed by atoms with Crippen LogP contribution in [0.25, 0.3) is 0 Å². The van der Waals surface area contributed by atoms with Gasteiger partial charge in [0.05, 0.1) is 5.56 Å². The smallest absolute Gasteiger partial charge is 0.269 e. The lowest BCUT2D eigenvalue weighted by atomic mass is 10.0. The average molecular weight is 596 g/mol. The molecule has 0 saturated heterocycles. The molecule has 0 aromatic heterocycles. The van der Waals surface area contributed by atoms with Crippen LogP contribution in [0.4, 0.5) is 0 Å². The zero-order chi connectivity index (χ0) is 29.6. The van der Waals surface area contributed by atoms with Crippen molar-refractivity contribution in [2.75, 3.05) is 6.54 Å². The lowest BCUT2D eigenvalue weighted by Crippen LogP contribution is -2.52. The number of carbonyl (C=O) groups excluding carboxylic acids is 3. The van der Waals surface area contributed by atoms with Gasteiger partial charge in [-0.05, 0) is 55.2 Å². The molecule has 2 atom stereocenters. The first-order chi connectivity index (χ1) is 19.6. The molecule has 4 rings (SSSR count). The number of carbonyl (C=O) groups is 3. The highest BCUT2D eigenvalue weighted by molar-refractivity contribution is 7.90. The van der Waals surface area contributed by atoms with Crippen molar-refractivity contribution in [2.24, 2.45) is 0 Å². The Kier molecular flexibility index (Phi) is 9.83. The van der Waals surface area contributed by atoms with Gasteiger partial charge in [0, 0.05) is 37.0 Å². The molecule has 0 radical (unpaired) electrons. The summed E-state index contributed by atoms with van der Waals surface area (Å²) in [4.78, 5) is 41.7. The van der Waals surface area contributed by atoms with Crippen molar-refractivity contribution < 1.29 is 22.8 Å². The maximum Gasteiger partial charge on any atom is 0.269 e. The maximum atomic E-state index is 13.8. The molecule has 1 heterocycles. The average Bonchev–Trinajstić information content (AvgIpc) is 3.16. The van der Waals surface area contributed by atoms with Crippen molar-refractivity contribution in [3.63, 3.8) is 0 Å². The number of rotatable bonds is 12. The number of nitrogens with one attached hydrogen (secondary N) is 1. The number of amides is 3. The van der Waals surface area contributed by atoms with Crippen LogP contribution in [0.5, 0.6) is 0 Å². The first-order valence-electron chi connectivity index (χ1n) is 13.7. The fraction of sp³-hybridized carbons (Fsp3) is 0.323. The van der Waals surface area contributed by atoms with Crippen molar-refractivity contribution in [1.29, 1.82) is 0 Å². The van der Waals surface area contributed by atoms with Gasteiger partial charge in [0.2, 0.25) is 11.8 Å². The first-order valence-corrected chi connectivity index (χ1v) is 15.5. The standard InChI is InChI=1S/C31H34ClN3O5S/c1-3-22(2)33-30(37)27(20-23-10-5-4-6-11-23)34(21-24-15-17-25(32)18-16-24)29(36)14-9-19-35-31(38)26-12-7-8-13-28(26)41(35,39)40/h4-8,10-13,15-18,22,27H,3,9,14,19-21H2,1-2H3,(H,33,37). The fourth-order valence-corrected chi connectivity index (χ4v) is 6.48. The molecule has 1 aliphatic heterocycles. The van der Waals surface area contributed by atoms with Gasteiger partial charge in [0.15, 0.2) is 0 Å². The minimum Gasteiger partial charge on any atom is -0.352 e. The summed E-state index contributed by atoms with van der Waals surface area (Å²) in [5.74, 6) is -1.18. The highest BCUT2D eigenvalue weighted by Gasteiger charge is 2.40. The topological polar surface area (TPSA) is 104 Å². The van der Waals surface area contributed by atoms with E-state index in [1.54, 1.807) is 29.2 Å². The normalized spacial score (nSPS) is 15.2. The molecule has 3 aromatic rings. The van der Waals surface area contributed by atoms with Crippen LogP contribution >= 0.6 is 11.6 Å². The second-order valence-corrected chi connectivity index (χ2v) is 12.4. The van der Waals surface area contributed by atoms with E-state index < -0.39 is 22.0 Å². The van der Waals surface area contributed by atoms with E-state index >= 15 is 0 Å². The highest BCUT2D eigenvalue weighted by atomic mass is 35.5. The Hall–Kier alpha value is -3.69. The van der Waals surface area contributed by atoms with Crippen molar-refractivity contribution in [2.45, 2.75) is 63.1 Å². The largest absolute Gasteiger partial charge is 0.352 e. The number of sulfonamides is 1. The summed E-state index contributed by atoms with van der Waals surface area (Å²) in [7, 11) is -3.97. The van der Waals surface area contributed by atoms with Crippen LogP contribution in [0.2, 0.25) is 5.02 Å². The SMILES string of the molecule is CCC(C)NC(=O)C(Cc1ccccc1)N(Cc1ccc(Cl)cc1)C(=O)CCCN1C(=O)c2ccccc2S1(=O)=O. The molecule has 0 bridgehead atoms. The van der Waals surface area contributed by atoms with Crippen LogP contribution in [0.1, 0.15) is 54.6 Å². The molecule has 3 amide bonds. The summed E-state index contributed by atoms with van der Waals surface area (Å²) in [6.07, 6.45) is 1.09. The molecule has 8 nitrogen and oxygen atoms in total. The van der Waals surface area contributed by atoms with Crippen molar-refractivity contribution >= 4 is 39.3 Å². The number of fused-ring (bicyclic) bond motifs is 1. The molecule has 1 N–H and O–H groups in total. The molecular weight excluding hydrogens is 562 g/mol. The Labute approximate surface area is 246 Å². The van der Waals surface area contributed by atoms with Gasteiger partial charge < -0.3 is 10.2 Å². The molecule has 10 heteroatoms. The van der Waals surface area contributed by atoms with E-state index in [2.05, 4.69) is 5.32 Å². The summed E-state index contributed by atoms with van der Waals surface area (Å²) >= 11 is 6.08. The maximum absolute atomic E-state index is 13.8. The van der Waals surface area contributed by atoms with Gasteiger partial charge in [-0.3, -0.25) is 14.4 Å². The Bertz CT molecular complexity index is 1500. The minimum absolute atomic E-state index is 0.0228. The highest BCUT2D eigenvalue weighted by Crippen LogP contribution is 2.30. The zero-order valence-corrected chi connectivity index (χ0v) is 24.7. The van der Waals surface area contributed by atoms with E-state index in [1.807, 2.05) is 56.3 Å². The van der Waals surface area contributed by atoms with Crippen molar-refractivity contribution in [1.82, 2.24) is 14.5 Å². The summed E-state index contributed by atoms with van der Waals surface area (Å²) in [6, 6.07) is 21.7. The molecule has 2 unspecified atom stereocenters.